The van der Waals surface area contributed by atoms with Crippen LogP contribution in [-0.4, -0.2) is 0 Å². The highest BCUT2D eigenvalue weighted by atomic mass is 14.3. The average molecular weight is 220 g/mol. The summed E-state index contributed by atoms with van der Waals surface area (Å²) in [7, 11) is 0. The van der Waals surface area contributed by atoms with Gasteiger partial charge in [0, 0.05) is 0 Å². The quantitative estimate of drug-likeness (QED) is 0.629. The van der Waals surface area contributed by atoms with Crippen molar-refractivity contribution >= 4 is 0 Å². The lowest BCUT2D eigenvalue weighted by atomic mass is 9.75. The van der Waals surface area contributed by atoms with E-state index in [-0.39, 0.29) is 0 Å². The van der Waals surface area contributed by atoms with E-state index in [0.29, 0.717) is 5.41 Å². The van der Waals surface area contributed by atoms with Crippen LogP contribution < -0.4 is 0 Å². The number of benzene rings is 1. The summed E-state index contributed by atoms with van der Waals surface area (Å²) in [5.74, 6) is 0. The van der Waals surface area contributed by atoms with E-state index in [1.54, 1.807) is 0 Å². The van der Waals surface area contributed by atoms with E-state index in [4.69, 9.17) is 0 Å². The maximum Gasteiger partial charge on any atom is -0.00754 e. The van der Waals surface area contributed by atoms with Gasteiger partial charge in [-0.25, -0.2) is 0 Å². The molecule has 92 valence electrons. The minimum atomic E-state index is 0.375. The second-order valence-electron chi connectivity index (χ2n) is 4.48. The fourth-order valence-corrected chi connectivity index (χ4v) is 2.30. The average Bonchev–Trinajstić information content (AvgIpc) is 2.32. The Balaban J connectivity index is 0.00000106. The Morgan fingerprint density at radius 2 is 1.62 bits per heavy atom. The van der Waals surface area contributed by atoms with E-state index in [1.807, 2.05) is 13.8 Å². The summed E-state index contributed by atoms with van der Waals surface area (Å²) in [6.45, 7) is 13.2. The number of hydrogen-bond donors (Lipinski definition) is 0. The van der Waals surface area contributed by atoms with Crippen molar-refractivity contribution in [2.45, 2.75) is 66.2 Å². The minimum Gasteiger partial charge on any atom is -0.0683 e. The highest BCUT2D eigenvalue weighted by molar-refractivity contribution is 5.32. The molecule has 0 fully saturated rings. The van der Waals surface area contributed by atoms with Gasteiger partial charge in [0.1, 0.15) is 0 Å². The molecule has 1 aromatic carbocycles. The molecule has 0 aliphatic carbocycles. The molecule has 0 heteroatoms. The molecule has 0 aliphatic heterocycles. The van der Waals surface area contributed by atoms with E-state index in [2.05, 4.69) is 52.0 Å². The molecule has 0 radical (unpaired) electrons. The second-order valence-corrected chi connectivity index (χ2v) is 4.48. The van der Waals surface area contributed by atoms with Crippen molar-refractivity contribution in [1.82, 2.24) is 0 Å². The van der Waals surface area contributed by atoms with Crippen LogP contribution in [0.2, 0.25) is 0 Å². The lowest BCUT2D eigenvalue weighted by Crippen LogP contribution is -2.21. The molecule has 0 heterocycles. The van der Waals surface area contributed by atoms with Gasteiger partial charge in [-0.3, -0.25) is 0 Å². The zero-order valence-electron chi connectivity index (χ0n) is 11.9. The van der Waals surface area contributed by atoms with Gasteiger partial charge < -0.3 is 0 Å². The molecule has 1 unspecified atom stereocenters. The molecule has 0 spiro atoms. The normalized spacial score (nSPS) is 13.6. The highest BCUT2D eigenvalue weighted by Crippen LogP contribution is 2.34. The van der Waals surface area contributed by atoms with E-state index in [9.17, 15) is 0 Å². The molecule has 0 aromatic heterocycles. The van der Waals surface area contributed by atoms with Crippen molar-refractivity contribution in [2.75, 3.05) is 0 Å². The first-order chi connectivity index (χ1) is 7.64. The van der Waals surface area contributed by atoms with Gasteiger partial charge >= 0.3 is 0 Å². The molecule has 0 bridgehead atoms. The molecule has 1 rings (SSSR count). The van der Waals surface area contributed by atoms with Crippen LogP contribution in [0, 0.1) is 6.92 Å². The van der Waals surface area contributed by atoms with E-state index >= 15 is 0 Å². The predicted molar refractivity (Wildman–Crippen MR) is 75.1 cm³/mol. The molecule has 0 N–H and O–H groups in total. The summed E-state index contributed by atoms with van der Waals surface area (Å²) >= 11 is 0. The topological polar surface area (TPSA) is 0 Å². The molecular formula is C16H28. The van der Waals surface area contributed by atoms with Gasteiger partial charge in [0.25, 0.3) is 0 Å². The van der Waals surface area contributed by atoms with E-state index in [1.165, 1.54) is 30.4 Å². The Bertz CT molecular complexity index is 288. The lowest BCUT2D eigenvalue weighted by Gasteiger charge is -2.30. The molecule has 0 aliphatic rings. The Morgan fingerprint density at radius 1 is 1.06 bits per heavy atom. The molecular weight excluding hydrogens is 192 g/mol. The van der Waals surface area contributed by atoms with Crippen LogP contribution in [0.5, 0.6) is 0 Å². The third-order valence-electron chi connectivity index (χ3n) is 3.38. The van der Waals surface area contributed by atoms with Crippen LogP contribution in [0.4, 0.5) is 0 Å². The van der Waals surface area contributed by atoms with Crippen molar-refractivity contribution in [3.63, 3.8) is 0 Å². The molecule has 1 aromatic rings. The van der Waals surface area contributed by atoms with Crippen LogP contribution in [0.15, 0.2) is 24.3 Å². The van der Waals surface area contributed by atoms with Crippen LogP contribution in [0.3, 0.4) is 0 Å². The third kappa shape index (κ3) is 3.66. The number of hydrogen-bond acceptors (Lipinski definition) is 0. The van der Waals surface area contributed by atoms with Gasteiger partial charge in [-0.1, -0.05) is 65.3 Å². The van der Waals surface area contributed by atoms with Gasteiger partial charge in [-0.2, -0.15) is 0 Å². The first-order valence-electron chi connectivity index (χ1n) is 6.70. The fraction of sp³-hybridized carbons (Fsp3) is 0.625. The third-order valence-corrected chi connectivity index (χ3v) is 3.38. The van der Waals surface area contributed by atoms with Gasteiger partial charge in [-0.15, -0.1) is 0 Å². The Kier molecular flexibility index (Phi) is 7.12. The summed E-state index contributed by atoms with van der Waals surface area (Å²) in [5, 5.41) is 0. The van der Waals surface area contributed by atoms with Crippen LogP contribution in [-0.2, 0) is 5.41 Å². The molecule has 1 atom stereocenters. The molecule has 0 nitrogen and oxygen atoms in total. The van der Waals surface area contributed by atoms with Gasteiger partial charge in [0.15, 0.2) is 0 Å². The largest absolute Gasteiger partial charge is 0.0683 e. The summed E-state index contributed by atoms with van der Waals surface area (Å²) in [6.07, 6.45) is 3.78. The standard InChI is InChI=1S/C14H22.C2H6/c1-5-11-14(4,6-2)13-10-8-7-9-12(13)3;1-2/h7-10H,5-6,11H2,1-4H3;1-2H3. The summed E-state index contributed by atoms with van der Waals surface area (Å²) in [5.41, 5.74) is 3.34. The van der Waals surface area contributed by atoms with Crippen LogP contribution in [0.25, 0.3) is 0 Å². The summed E-state index contributed by atoms with van der Waals surface area (Å²) in [4.78, 5) is 0. The molecule has 0 saturated carbocycles. The maximum absolute atomic E-state index is 2.39. The molecule has 0 amide bonds. The summed E-state index contributed by atoms with van der Waals surface area (Å²) in [6, 6.07) is 8.79. The first kappa shape index (κ1) is 15.2. The fourth-order valence-electron chi connectivity index (χ4n) is 2.30. The maximum atomic E-state index is 2.39. The Hall–Kier alpha value is -0.780. The van der Waals surface area contributed by atoms with Crippen molar-refractivity contribution in [2.24, 2.45) is 0 Å². The van der Waals surface area contributed by atoms with Crippen molar-refractivity contribution in [3.8, 4) is 0 Å². The Labute approximate surface area is 102 Å². The van der Waals surface area contributed by atoms with Gasteiger partial charge in [0.05, 0.1) is 0 Å². The minimum absolute atomic E-state index is 0.375. The van der Waals surface area contributed by atoms with Crippen LogP contribution in [0.1, 0.15) is 65.0 Å². The second kappa shape index (κ2) is 7.49. The zero-order chi connectivity index (χ0) is 12.6. The van der Waals surface area contributed by atoms with E-state index < -0.39 is 0 Å². The predicted octanol–water partition coefficient (Wildman–Crippen LogP) is 5.49. The summed E-state index contributed by atoms with van der Waals surface area (Å²) < 4.78 is 0. The van der Waals surface area contributed by atoms with E-state index in [0.717, 1.165) is 0 Å². The van der Waals surface area contributed by atoms with Gasteiger partial charge in [-0.05, 0) is 36.3 Å². The zero-order valence-corrected chi connectivity index (χ0v) is 11.9. The van der Waals surface area contributed by atoms with Gasteiger partial charge in [0.2, 0.25) is 0 Å². The van der Waals surface area contributed by atoms with Crippen molar-refractivity contribution in [1.29, 1.82) is 0 Å². The highest BCUT2D eigenvalue weighted by Gasteiger charge is 2.24. The molecule has 16 heavy (non-hydrogen) atoms. The molecule has 0 saturated heterocycles. The SMILES string of the molecule is CC.CCCC(C)(CC)c1ccccc1C. The number of rotatable bonds is 4. The first-order valence-corrected chi connectivity index (χ1v) is 6.70. The van der Waals surface area contributed by atoms with Crippen molar-refractivity contribution < 1.29 is 0 Å². The van der Waals surface area contributed by atoms with Crippen molar-refractivity contribution in [3.05, 3.63) is 35.4 Å². The smallest absolute Gasteiger partial charge is 0.00754 e. The Morgan fingerprint density at radius 3 is 2.06 bits per heavy atom. The number of aryl methyl sites for hydroxylation is 1. The monoisotopic (exact) mass is 220 g/mol. The van der Waals surface area contributed by atoms with Crippen LogP contribution >= 0.6 is 0 Å². The lowest BCUT2D eigenvalue weighted by molar-refractivity contribution is 0.412.